The lowest BCUT2D eigenvalue weighted by molar-refractivity contribution is -0.115. The lowest BCUT2D eigenvalue weighted by atomic mass is 10.1. The second kappa shape index (κ2) is 7.00. The van der Waals surface area contributed by atoms with Gasteiger partial charge in [-0.3, -0.25) is 9.48 Å². The van der Waals surface area contributed by atoms with E-state index in [9.17, 15) is 4.79 Å². The Labute approximate surface area is 141 Å². The average Bonchev–Trinajstić information content (AvgIpc) is 2.82. The van der Waals surface area contributed by atoms with Gasteiger partial charge in [0.15, 0.2) is 0 Å². The van der Waals surface area contributed by atoms with E-state index in [1.807, 2.05) is 33.0 Å². The number of nitrogens with one attached hydrogen (secondary N) is 1. The molecule has 0 radical (unpaired) electrons. The van der Waals surface area contributed by atoms with E-state index in [2.05, 4.69) is 20.3 Å². The number of aromatic nitrogens is 3. The number of aryl methyl sites for hydroxylation is 2. The Morgan fingerprint density at radius 2 is 2.04 bits per heavy atom. The fourth-order valence-electron chi connectivity index (χ4n) is 2.89. The van der Waals surface area contributed by atoms with Crippen LogP contribution in [0, 0.1) is 13.8 Å². The third kappa shape index (κ3) is 3.56. The number of morpholine rings is 1. The second-order valence-electron chi connectivity index (χ2n) is 6.00. The first-order valence-corrected chi connectivity index (χ1v) is 8.12. The van der Waals surface area contributed by atoms with Crippen LogP contribution in [0.15, 0.2) is 18.3 Å². The van der Waals surface area contributed by atoms with Gasteiger partial charge in [0.2, 0.25) is 5.91 Å². The first-order valence-electron chi connectivity index (χ1n) is 8.12. The van der Waals surface area contributed by atoms with Crippen molar-refractivity contribution >= 4 is 17.4 Å². The molecule has 0 aliphatic carbocycles. The summed E-state index contributed by atoms with van der Waals surface area (Å²) in [6, 6.07) is 3.82. The molecule has 0 aromatic carbocycles. The Kier molecular flexibility index (Phi) is 4.80. The van der Waals surface area contributed by atoms with Crippen LogP contribution in [0.3, 0.4) is 0 Å². The molecule has 0 bridgehead atoms. The molecule has 0 unspecified atom stereocenters. The van der Waals surface area contributed by atoms with E-state index in [0.717, 1.165) is 48.9 Å². The van der Waals surface area contributed by atoms with Crippen molar-refractivity contribution in [2.24, 2.45) is 7.05 Å². The van der Waals surface area contributed by atoms with Gasteiger partial charge in [0.25, 0.3) is 0 Å². The van der Waals surface area contributed by atoms with Crippen molar-refractivity contribution in [2.75, 3.05) is 36.5 Å². The maximum atomic E-state index is 12.3. The van der Waals surface area contributed by atoms with E-state index >= 15 is 0 Å². The van der Waals surface area contributed by atoms with Crippen molar-refractivity contribution in [2.45, 2.75) is 20.3 Å². The Morgan fingerprint density at radius 1 is 1.29 bits per heavy atom. The van der Waals surface area contributed by atoms with E-state index in [4.69, 9.17) is 4.74 Å². The van der Waals surface area contributed by atoms with Crippen LogP contribution in [0.2, 0.25) is 0 Å². The monoisotopic (exact) mass is 329 g/mol. The molecule has 7 nitrogen and oxygen atoms in total. The van der Waals surface area contributed by atoms with Gasteiger partial charge in [-0.25, -0.2) is 4.98 Å². The molecule has 0 saturated carbocycles. The quantitative estimate of drug-likeness (QED) is 0.919. The van der Waals surface area contributed by atoms with Crippen LogP contribution < -0.4 is 10.2 Å². The lowest BCUT2D eigenvalue weighted by Crippen LogP contribution is -2.36. The number of amides is 1. The average molecular weight is 329 g/mol. The summed E-state index contributed by atoms with van der Waals surface area (Å²) in [6.07, 6.45) is 2.10. The molecular formula is C17H23N5O2. The van der Waals surface area contributed by atoms with Gasteiger partial charge in [0.05, 0.1) is 37.2 Å². The number of carbonyl (C=O) groups excluding carboxylic acids is 1. The Morgan fingerprint density at radius 3 is 2.62 bits per heavy atom. The van der Waals surface area contributed by atoms with Crippen LogP contribution in [-0.4, -0.2) is 47.0 Å². The highest BCUT2D eigenvalue weighted by atomic mass is 16.5. The van der Waals surface area contributed by atoms with Crippen LogP contribution in [0.5, 0.6) is 0 Å². The van der Waals surface area contributed by atoms with Gasteiger partial charge in [0.1, 0.15) is 5.82 Å². The summed E-state index contributed by atoms with van der Waals surface area (Å²) in [5.74, 6) is 0.483. The molecule has 0 atom stereocenters. The summed E-state index contributed by atoms with van der Waals surface area (Å²) in [5, 5.41) is 7.19. The van der Waals surface area contributed by atoms with Gasteiger partial charge in [0, 0.05) is 31.4 Å². The van der Waals surface area contributed by atoms with Gasteiger partial charge < -0.3 is 15.0 Å². The first kappa shape index (κ1) is 16.4. The first-order chi connectivity index (χ1) is 11.5. The lowest BCUT2D eigenvalue weighted by Gasteiger charge is -2.28. The fourth-order valence-corrected chi connectivity index (χ4v) is 2.89. The molecule has 1 aliphatic rings. The minimum atomic E-state index is -0.0826. The SMILES string of the molecule is Cc1nn(C)c(C)c1CC(=O)Nc1ccc(N2CCOCC2)cn1. The van der Waals surface area contributed by atoms with Crippen molar-refractivity contribution in [3.8, 4) is 0 Å². The van der Waals surface area contributed by atoms with Crippen molar-refractivity contribution in [1.82, 2.24) is 14.8 Å². The zero-order valence-electron chi connectivity index (χ0n) is 14.4. The highest BCUT2D eigenvalue weighted by Crippen LogP contribution is 2.17. The summed E-state index contributed by atoms with van der Waals surface area (Å²) < 4.78 is 7.15. The van der Waals surface area contributed by atoms with Crippen LogP contribution >= 0.6 is 0 Å². The number of anilines is 2. The Balaban J connectivity index is 1.62. The molecule has 128 valence electrons. The number of rotatable bonds is 4. The molecular weight excluding hydrogens is 306 g/mol. The molecule has 0 spiro atoms. The van der Waals surface area contributed by atoms with E-state index in [1.165, 1.54) is 0 Å². The summed E-state index contributed by atoms with van der Waals surface area (Å²) >= 11 is 0. The normalized spacial score (nSPS) is 14.7. The van der Waals surface area contributed by atoms with Crippen molar-refractivity contribution in [1.29, 1.82) is 0 Å². The Hall–Kier alpha value is -2.41. The summed E-state index contributed by atoms with van der Waals surface area (Å²) in [6.45, 7) is 7.10. The van der Waals surface area contributed by atoms with Crippen LogP contribution in [0.25, 0.3) is 0 Å². The van der Waals surface area contributed by atoms with E-state index in [1.54, 1.807) is 10.9 Å². The zero-order chi connectivity index (χ0) is 17.1. The molecule has 24 heavy (non-hydrogen) atoms. The molecule has 2 aromatic rings. The number of carbonyl (C=O) groups is 1. The van der Waals surface area contributed by atoms with Gasteiger partial charge >= 0.3 is 0 Å². The number of pyridine rings is 1. The Bertz CT molecular complexity index is 717. The highest BCUT2D eigenvalue weighted by Gasteiger charge is 2.15. The third-order valence-electron chi connectivity index (χ3n) is 4.39. The minimum absolute atomic E-state index is 0.0826. The third-order valence-corrected chi connectivity index (χ3v) is 4.39. The van der Waals surface area contributed by atoms with Gasteiger partial charge in [-0.2, -0.15) is 5.10 Å². The number of hydrogen-bond donors (Lipinski definition) is 1. The molecule has 1 amide bonds. The van der Waals surface area contributed by atoms with Crippen LogP contribution in [0.1, 0.15) is 17.0 Å². The standard InChI is InChI=1S/C17H23N5O2/c1-12-15(13(2)21(3)20-12)10-17(23)19-16-5-4-14(11-18-16)22-6-8-24-9-7-22/h4-5,11H,6-10H2,1-3H3,(H,18,19,23). The molecule has 1 fully saturated rings. The van der Waals surface area contributed by atoms with E-state index in [-0.39, 0.29) is 5.91 Å². The number of hydrogen-bond acceptors (Lipinski definition) is 5. The maximum absolute atomic E-state index is 12.3. The van der Waals surface area contributed by atoms with Gasteiger partial charge in [-0.05, 0) is 26.0 Å². The summed E-state index contributed by atoms with van der Waals surface area (Å²) in [5.41, 5.74) is 3.93. The van der Waals surface area contributed by atoms with Crippen LogP contribution in [0.4, 0.5) is 11.5 Å². The molecule has 1 aliphatic heterocycles. The number of ether oxygens (including phenoxy) is 1. The van der Waals surface area contributed by atoms with Crippen LogP contribution in [-0.2, 0) is 23.0 Å². The summed E-state index contributed by atoms with van der Waals surface area (Å²) in [4.78, 5) is 18.8. The molecule has 7 heteroatoms. The largest absolute Gasteiger partial charge is 0.378 e. The predicted octanol–water partition coefficient (Wildman–Crippen LogP) is 1.45. The van der Waals surface area contributed by atoms with Crippen molar-refractivity contribution < 1.29 is 9.53 Å². The number of nitrogens with zero attached hydrogens (tertiary/aromatic N) is 4. The van der Waals surface area contributed by atoms with E-state index in [0.29, 0.717) is 12.2 Å². The molecule has 2 aromatic heterocycles. The smallest absolute Gasteiger partial charge is 0.230 e. The molecule has 3 rings (SSSR count). The minimum Gasteiger partial charge on any atom is -0.378 e. The zero-order valence-corrected chi connectivity index (χ0v) is 14.4. The molecule has 3 heterocycles. The maximum Gasteiger partial charge on any atom is 0.230 e. The van der Waals surface area contributed by atoms with Gasteiger partial charge in [-0.1, -0.05) is 0 Å². The molecule has 1 saturated heterocycles. The summed E-state index contributed by atoms with van der Waals surface area (Å²) in [7, 11) is 1.88. The fraction of sp³-hybridized carbons (Fsp3) is 0.471. The van der Waals surface area contributed by atoms with Crippen molar-refractivity contribution in [3.63, 3.8) is 0 Å². The predicted molar refractivity (Wildman–Crippen MR) is 92.3 cm³/mol. The highest BCUT2D eigenvalue weighted by molar-refractivity contribution is 5.91. The van der Waals surface area contributed by atoms with E-state index < -0.39 is 0 Å². The van der Waals surface area contributed by atoms with Crippen molar-refractivity contribution in [3.05, 3.63) is 35.3 Å². The molecule has 1 N–H and O–H groups in total. The topological polar surface area (TPSA) is 72.3 Å². The second-order valence-corrected chi connectivity index (χ2v) is 6.00. The van der Waals surface area contributed by atoms with Gasteiger partial charge in [-0.15, -0.1) is 0 Å².